The Labute approximate surface area is 285 Å². The molecule has 0 amide bonds. The monoisotopic (exact) mass is 646 g/mol. The first-order chi connectivity index (χ1) is 23.7. The third-order valence-electron chi connectivity index (χ3n) is 9.54. The maximum Gasteiger partial charge on any atom is 0.0812 e. The van der Waals surface area contributed by atoms with Crippen molar-refractivity contribution in [2.45, 2.75) is 0 Å². The van der Waals surface area contributed by atoms with Gasteiger partial charge in [0, 0.05) is 0 Å². The van der Waals surface area contributed by atoms with E-state index in [1.807, 2.05) is 11.0 Å². The lowest BCUT2D eigenvalue weighted by atomic mass is 9.88. The minimum absolute atomic E-state index is 1.05. The molecule has 0 unspecified atom stereocenters. The summed E-state index contributed by atoms with van der Waals surface area (Å²) in [5, 5.41) is 7.59. The van der Waals surface area contributed by atoms with Crippen molar-refractivity contribution in [3.8, 4) is 44.5 Å². The molecule has 0 saturated carbocycles. The van der Waals surface area contributed by atoms with E-state index in [9.17, 15) is 0 Å². The van der Waals surface area contributed by atoms with Crippen LogP contribution in [0.25, 0.3) is 97.3 Å². The van der Waals surface area contributed by atoms with Crippen LogP contribution in [0.2, 0.25) is 0 Å². The van der Waals surface area contributed by atoms with Gasteiger partial charge in [0.1, 0.15) is 0 Å². The van der Waals surface area contributed by atoms with Crippen molar-refractivity contribution < 1.29 is 0 Å². The van der Waals surface area contributed by atoms with Gasteiger partial charge in [-0.3, -0.25) is 0 Å². The minimum atomic E-state index is 1.05. The van der Waals surface area contributed by atoms with Crippen LogP contribution >= 0.6 is 22.7 Å². The molecule has 0 spiro atoms. The van der Waals surface area contributed by atoms with Gasteiger partial charge in [-0.05, 0) is 125 Å². The zero-order valence-corrected chi connectivity index (χ0v) is 27.4. The Morgan fingerprint density at radius 3 is 1.62 bits per heavy atom. The molecule has 48 heavy (non-hydrogen) atoms. The van der Waals surface area contributed by atoms with E-state index in [2.05, 4.69) is 156 Å². The molecule has 2 nitrogen and oxygen atoms in total. The number of hydrogen-bond donors (Lipinski definition) is 0. The summed E-state index contributed by atoms with van der Waals surface area (Å²) in [6.07, 6.45) is 0. The van der Waals surface area contributed by atoms with Gasteiger partial charge in [0.15, 0.2) is 0 Å². The third kappa shape index (κ3) is 4.53. The highest BCUT2D eigenvalue weighted by Crippen LogP contribution is 2.41. The number of thiazole rings is 2. The summed E-state index contributed by atoms with van der Waals surface area (Å²) in [6, 6.07) is 53.7. The fraction of sp³-hybridized carbons (Fsp3) is 0. The first-order valence-corrected chi connectivity index (χ1v) is 17.8. The van der Waals surface area contributed by atoms with Gasteiger partial charge in [-0.1, -0.05) is 97.1 Å². The highest BCUT2D eigenvalue weighted by molar-refractivity contribution is 7.17. The van der Waals surface area contributed by atoms with Crippen molar-refractivity contribution in [1.29, 1.82) is 0 Å². The number of rotatable bonds is 4. The molecular formula is C44H26N2S2. The van der Waals surface area contributed by atoms with Gasteiger partial charge in [0.05, 0.1) is 31.5 Å². The van der Waals surface area contributed by atoms with E-state index < -0.39 is 0 Å². The maximum atomic E-state index is 4.47. The van der Waals surface area contributed by atoms with Crippen LogP contribution in [0.3, 0.4) is 0 Å². The Bertz CT molecular complexity index is 2860. The quantitative estimate of drug-likeness (QED) is 0.178. The third-order valence-corrected chi connectivity index (χ3v) is 11.1. The number of nitrogens with zero attached hydrogens (tertiary/aromatic N) is 2. The van der Waals surface area contributed by atoms with Gasteiger partial charge in [-0.2, -0.15) is 0 Å². The van der Waals surface area contributed by atoms with Crippen molar-refractivity contribution >= 4 is 75.4 Å². The molecule has 0 aliphatic heterocycles. The van der Waals surface area contributed by atoms with E-state index in [0.717, 1.165) is 11.0 Å². The first kappa shape index (κ1) is 27.4. The molecule has 2 heterocycles. The average Bonchev–Trinajstić information content (AvgIpc) is 3.83. The lowest BCUT2D eigenvalue weighted by Crippen LogP contribution is -1.88. The van der Waals surface area contributed by atoms with Crippen LogP contribution in [-0.4, -0.2) is 9.97 Å². The number of aromatic nitrogens is 2. The van der Waals surface area contributed by atoms with Crippen LogP contribution in [0.5, 0.6) is 0 Å². The Kier molecular flexibility index (Phi) is 6.26. The van der Waals surface area contributed by atoms with Crippen LogP contribution in [0, 0.1) is 0 Å². The van der Waals surface area contributed by atoms with Crippen LogP contribution in [0.15, 0.2) is 157 Å². The molecule has 0 aliphatic rings. The van der Waals surface area contributed by atoms with Gasteiger partial charge < -0.3 is 0 Å². The predicted octanol–water partition coefficient (Wildman–Crippen LogP) is 13.0. The molecular weight excluding hydrogens is 621 g/mol. The SMILES string of the molecule is c1cc(-c2ccc3ncsc3c2)cc(-c2ccc3ccc4c(-c5cccc(-c6ccc7ncsc7c6)c5)cc5ccccc5c4c3c2)c1. The van der Waals surface area contributed by atoms with Gasteiger partial charge >= 0.3 is 0 Å². The molecule has 0 atom stereocenters. The Morgan fingerprint density at radius 2 is 0.917 bits per heavy atom. The largest absolute Gasteiger partial charge is 0.245 e. The molecule has 8 aromatic carbocycles. The van der Waals surface area contributed by atoms with Gasteiger partial charge in [0.2, 0.25) is 0 Å². The summed E-state index contributed by atoms with van der Waals surface area (Å²) in [6.45, 7) is 0. The fourth-order valence-electron chi connectivity index (χ4n) is 7.15. The second-order valence-electron chi connectivity index (χ2n) is 12.3. The molecule has 0 aliphatic carbocycles. The lowest BCUT2D eigenvalue weighted by molar-refractivity contribution is 1.50. The zero-order valence-electron chi connectivity index (χ0n) is 25.7. The highest BCUT2D eigenvalue weighted by Gasteiger charge is 2.14. The van der Waals surface area contributed by atoms with Crippen molar-refractivity contribution in [1.82, 2.24) is 9.97 Å². The molecule has 0 N–H and O–H groups in total. The summed E-state index contributed by atoms with van der Waals surface area (Å²) >= 11 is 3.37. The predicted molar refractivity (Wildman–Crippen MR) is 207 cm³/mol. The molecule has 224 valence electrons. The van der Waals surface area contributed by atoms with Crippen molar-refractivity contribution in [2.75, 3.05) is 0 Å². The molecule has 4 heteroatoms. The maximum absolute atomic E-state index is 4.47. The molecule has 2 aromatic heterocycles. The highest BCUT2D eigenvalue weighted by atomic mass is 32.1. The Morgan fingerprint density at radius 1 is 0.354 bits per heavy atom. The zero-order chi connectivity index (χ0) is 31.6. The topological polar surface area (TPSA) is 25.8 Å². The first-order valence-electron chi connectivity index (χ1n) is 16.0. The molecule has 0 bridgehead atoms. The second-order valence-corrected chi connectivity index (χ2v) is 14.1. The lowest BCUT2D eigenvalue weighted by Gasteiger charge is -2.15. The van der Waals surface area contributed by atoms with Gasteiger partial charge in [-0.25, -0.2) is 9.97 Å². The molecule has 10 aromatic rings. The van der Waals surface area contributed by atoms with E-state index in [1.165, 1.54) is 86.2 Å². The van der Waals surface area contributed by atoms with E-state index in [-0.39, 0.29) is 0 Å². The summed E-state index contributed by atoms with van der Waals surface area (Å²) in [7, 11) is 0. The summed E-state index contributed by atoms with van der Waals surface area (Å²) in [5.74, 6) is 0. The van der Waals surface area contributed by atoms with E-state index >= 15 is 0 Å². The normalized spacial score (nSPS) is 11.8. The number of benzene rings is 8. The van der Waals surface area contributed by atoms with E-state index in [1.54, 1.807) is 22.7 Å². The number of hydrogen-bond acceptors (Lipinski definition) is 4. The van der Waals surface area contributed by atoms with Crippen molar-refractivity contribution in [2.24, 2.45) is 0 Å². The van der Waals surface area contributed by atoms with Crippen LogP contribution in [0.4, 0.5) is 0 Å². The summed E-state index contributed by atoms with van der Waals surface area (Å²) in [4.78, 5) is 8.94. The van der Waals surface area contributed by atoms with E-state index in [0.29, 0.717) is 0 Å². The van der Waals surface area contributed by atoms with Crippen molar-refractivity contribution in [3.63, 3.8) is 0 Å². The van der Waals surface area contributed by atoms with Crippen LogP contribution in [-0.2, 0) is 0 Å². The smallest absolute Gasteiger partial charge is 0.0812 e. The van der Waals surface area contributed by atoms with Crippen LogP contribution < -0.4 is 0 Å². The standard InChI is InChI=1S/C44H26N2S2/c1-2-10-36-35(5-1)22-38(34-9-4-8-30(20-34)33-15-18-41-43(24-33)48-26-46-41)37-16-13-27-11-12-31(21-39(27)44(36)37)28-6-3-7-29(19-28)32-14-17-40-42(23-32)47-25-45-40/h1-26H. The minimum Gasteiger partial charge on any atom is -0.245 e. The van der Waals surface area contributed by atoms with Crippen molar-refractivity contribution in [3.05, 3.63) is 157 Å². The van der Waals surface area contributed by atoms with Gasteiger partial charge in [0.25, 0.3) is 0 Å². The van der Waals surface area contributed by atoms with Gasteiger partial charge in [-0.15, -0.1) is 22.7 Å². The van der Waals surface area contributed by atoms with Crippen LogP contribution in [0.1, 0.15) is 0 Å². The molecule has 0 fully saturated rings. The Balaban J connectivity index is 1.15. The second kappa shape index (κ2) is 11.0. The molecule has 0 radical (unpaired) electrons. The fourth-order valence-corrected chi connectivity index (χ4v) is 8.58. The average molecular weight is 647 g/mol. The Hall–Kier alpha value is -5.68. The summed E-state index contributed by atoms with van der Waals surface area (Å²) < 4.78 is 2.42. The molecule has 0 saturated heterocycles. The summed E-state index contributed by atoms with van der Waals surface area (Å²) in [5.41, 5.74) is 15.7. The van der Waals surface area contributed by atoms with E-state index in [4.69, 9.17) is 0 Å². The number of fused-ring (bicyclic) bond motifs is 7. The molecule has 10 rings (SSSR count).